The highest BCUT2D eigenvalue weighted by atomic mass is 16.5. The summed E-state index contributed by atoms with van der Waals surface area (Å²) >= 11 is 0. The molecule has 2 fully saturated rings. The Morgan fingerprint density at radius 3 is 2.86 bits per heavy atom. The fraction of sp³-hybridized carbons (Fsp3) is 0.667. The molecule has 6 nitrogen and oxygen atoms in total. The van der Waals surface area contributed by atoms with Crippen molar-refractivity contribution in [3.05, 3.63) is 24.0 Å². The highest BCUT2D eigenvalue weighted by Gasteiger charge is 2.37. The monoisotopic (exact) mass is 290 g/mol. The molecule has 0 aliphatic carbocycles. The van der Waals surface area contributed by atoms with Crippen LogP contribution in [0.25, 0.3) is 0 Å². The van der Waals surface area contributed by atoms with Crippen molar-refractivity contribution < 1.29 is 9.53 Å². The Hall–Kier alpha value is -1.53. The van der Waals surface area contributed by atoms with E-state index in [2.05, 4.69) is 15.1 Å². The molecule has 6 heteroatoms. The Morgan fingerprint density at radius 2 is 2.19 bits per heavy atom. The standard InChI is InChI=1S/C15H22N4O2/c1-21-14-8-13(10-18-6-2-3-7-18)19(11-14)15(20)12-4-5-16-17-9-12/h4-5,9,13-14H,2-3,6-8,10-11H2,1H3/t13-,14-/m0/s1. The maximum atomic E-state index is 12.7. The van der Waals surface area contributed by atoms with Crippen LogP contribution in [-0.2, 0) is 4.74 Å². The first-order valence-corrected chi connectivity index (χ1v) is 7.60. The van der Waals surface area contributed by atoms with Crippen LogP contribution in [0.4, 0.5) is 0 Å². The number of carbonyl (C=O) groups excluding carboxylic acids is 1. The van der Waals surface area contributed by atoms with Gasteiger partial charge in [-0.05, 0) is 38.4 Å². The van der Waals surface area contributed by atoms with Crippen LogP contribution in [0.15, 0.2) is 18.5 Å². The molecule has 2 saturated heterocycles. The van der Waals surface area contributed by atoms with E-state index in [0.717, 1.165) is 26.1 Å². The van der Waals surface area contributed by atoms with Crippen LogP contribution in [0.2, 0.25) is 0 Å². The topological polar surface area (TPSA) is 58.6 Å². The number of amides is 1. The molecule has 2 aliphatic heterocycles. The Labute approximate surface area is 125 Å². The molecule has 114 valence electrons. The van der Waals surface area contributed by atoms with Gasteiger partial charge in [0.1, 0.15) is 0 Å². The van der Waals surface area contributed by atoms with Crippen LogP contribution in [0.5, 0.6) is 0 Å². The first-order valence-electron chi connectivity index (χ1n) is 7.60. The van der Waals surface area contributed by atoms with Gasteiger partial charge in [0.05, 0.1) is 24.1 Å². The summed E-state index contributed by atoms with van der Waals surface area (Å²) in [5.41, 5.74) is 0.605. The highest BCUT2D eigenvalue weighted by Crippen LogP contribution is 2.24. The first kappa shape index (κ1) is 14.4. The van der Waals surface area contributed by atoms with Crippen LogP contribution in [-0.4, -0.2) is 71.3 Å². The highest BCUT2D eigenvalue weighted by molar-refractivity contribution is 5.94. The Morgan fingerprint density at radius 1 is 1.38 bits per heavy atom. The number of methoxy groups -OCH3 is 1. The van der Waals surface area contributed by atoms with Crippen molar-refractivity contribution in [3.8, 4) is 0 Å². The van der Waals surface area contributed by atoms with E-state index in [1.807, 2.05) is 4.90 Å². The molecule has 0 aromatic carbocycles. The van der Waals surface area contributed by atoms with Crippen molar-refractivity contribution in [1.29, 1.82) is 0 Å². The first-order chi connectivity index (χ1) is 10.3. The zero-order chi connectivity index (χ0) is 14.7. The molecule has 0 N–H and O–H groups in total. The molecular weight excluding hydrogens is 268 g/mol. The molecule has 3 heterocycles. The third-order valence-corrected chi connectivity index (χ3v) is 4.47. The Balaban J connectivity index is 1.72. The Kier molecular flexibility index (Phi) is 4.45. The lowest BCUT2D eigenvalue weighted by Gasteiger charge is -2.28. The summed E-state index contributed by atoms with van der Waals surface area (Å²) in [6.07, 6.45) is 6.68. The van der Waals surface area contributed by atoms with Gasteiger partial charge in [-0.2, -0.15) is 10.2 Å². The number of carbonyl (C=O) groups is 1. The van der Waals surface area contributed by atoms with E-state index in [1.165, 1.54) is 19.0 Å². The van der Waals surface area contributed by atoms with Gasteiger partial charge in [0.15, 0.2) is 0 Å². The molecule has 2 atom stereocenters. The second-order valence-electron chi connectivity index (χ2n) is 5.84. The fourth-order valence-corrected chi connectivity index (χ4v) is 3.31. The van der Waals surface area contributed by atoms with Crippen molar-refractivity contribution in [3.63, 3.8) is 0 Å². The average Bonchev–Trinajstić information content (AvgIpc) is 3.17. The smallest absolute Gasteiger partial charge is 0.255 e. The van der Waals surface area contributed by atoms with Gasteiger partial charge in [0.2, 0.25) is 0 Å². The summed E-state index contributed by atoms with van der Waals surface area (Å²) in [6.45, 7) is 3.90. The van der Waals surface area contributed by atoms with E-state index in [0.29, 0.717) is 12.1 Å². The zero-order valence-electron chi connectivity index (χ0n) is 12.4. The number of ether oxygens (including phenoxy) is 1. The lowest BCUT2D eigenvalue weighted by Crippen LogP contribution is -2.42. The molecule has 0 radical (unpaired) electrons. The van der Waals surface area contributed by atoms with E-state index in [1.54, 1.807) is 19.4 Å². The molecule has 1 amide bonds. The second-order valence-corrected chi connectivity index (χ2v) is 5.84. The predicted molar refractivity (Wildman–Crippen MR) is 77.9 cm³/mol. The molecule has 0 unspecified atom stereocenters. The van der Waals surface area contributed by atoms with Crippen molar-refractivity contribution in [2.45, 2.75) is 31.4 Å². The normalized spacial score (nSPS) is 26.4. The molecule has 0 saturated carbocycles. The number of hydrogen-bond donors (Lipinski definition) is 0. The molecule has 2 aliphatic rings. The maximum Gasteiger partial charge on any atom is 0.255 e. The van der Waals surface area contributed by atoms with E-state index in [4.69, 9.17) is 4.74 Å². The van der Waals surface area contributed by atoms with E-state index in [-0.39, 0.29) is 18.1 Å². The summed E-state index contributed by atoms with van der Waals surface area (Å²) < 4.78 is 5.48. The van der Waals surface area contributed by atoms with E-state index < -0.39 is 0 Å². The Bertz CT molecular complexity index is 476. The number of rotatable bonds is 4. The SMILES string of the molecule is CO[C@H]1C[C@@H](CN2CCCC2)N(C(=O)c2ccnnc2)C1. The van der Waals surface area contributed by atoms with Gasteiger partial charge < -0.3 is 14.5 Å². The minimum absolute atomic E-state index is 0.0358. The summed E-state index contributed by atoms with van der Waals surface area (Å²) in [5.74, 6) is 0.0358. The van der Waals surface area contributed by atoms with Gasteiger partial charge in [-0.1, -0.05) is 0 Å². The minimum atomic E-state index is 0.0358. The number of hydrogen-bond acceptors (Lipinski definition) is 5. The van der Waals surface area contributed by atoms with Gasteiger partial charge in [-0.25, -0.2) is 0 Å². The van der Waals surface area contributed by atoms with Gasteiger partial charge in [-0.3, -0.25) is 4.79 Å². The van der Waals surface area contributed by atoms with Crippen LogP contribution < -0.4 is 0 Å². The third-order valence-electron chi connectivity index (χ3n) is 4.47. The van der Waals surface area contributed by atoms with Crippen LogP contribution >= 0.6 is 0 Å². The average molecular weight is 290 g/mol. The van der Waals surface area contributed by atoms with Crippen LogP contribution in [0.1, 0.15) is 29.6 Å². The van der Waals surface area contributed by atoms with Crippen LogP contribution in [0, 0.1) is 0 Å². The number of nitrogens with zero attached hydrogens (tertiary/aromatic N) is 4. The molecule has 3 rings (SSSR count). The summed E-state index contributed by atoms with van der Waals surface area (Å²) in [5, 5.41) is 7.54. The summed E-state index contributed by atoms with van der Waals surface area (Å²) in [4.78, 5) is 17.1. The van der Waals surface area contributed by atoms with Crippen LogP contribution in [0.3, 0.4) is 0 Å². The summed E-state index contributed by atoms with van der Waals surface area (Å²) in [6, 6.07) is 1.95. The van der Waals surface area contributed by atoms with Gasteiger partial charge in [0.25, 0.3) is 5.91 Å². The van der Waals surface area contributed by atoms with Crippen molar-refractivity contribution in [1.82, 2.24) is 20.0 Å². The van der Waals surface area contributed by atoms with E-state index >= 15 is 0 Å². The fourth-order valence-electron chi connectivity index (χ4n) is 3.31. The summed E-state index contributed by atoms with van der Waals surface area (Å²) in [7, 11) is 1.72. The largest absolute Gasteiger partial charge is 0.380 e. The number of aromatic nitrogens is 2. The lowest BCUT2D eigenvalue weighted by molar-refractivity contribution is 0.0669. The van der Waals surface area contributed by atoms with Crippen molar-refractivity contribution in [2.75, 3.05) is 33.3 Å². The zero-order valence-corrected chi connectivity index (χ0v) is 12.4. The maximum absolute atomic E-state index is 12.7. The predicted octanol–water partition coefficient (Wildman–Crippen LogP) is 0.802. The van der Waals surface area contributed by atoms with Gasteiger partial charge in [-0.15, -0.1) is 0 Å². The minimum Gasteiger partial charge on any atom is -0.380 e. The quantitative estimate of drug-likeness (QED) is 0.821. The molecular formula is C15H22N4O2. The second kappa shape index (κ2) is 6.49. The molecule has 0 bridgehead atoms. The number of likely N-dealkylation sites (tertiary alicyclic amines) is 2. The molecule has 0 spiro atoms. The van der Waals surface area contributed by atoms with E-state index in [9.17, 15) is 4.79 Å². The molecule has 1 aromatic heterocycles. The van der Waals surface area contributed by atoms with Gasteiger partial charge >= 0.3 is 0 Å². The third kappa shape index (κ3) is 3.22. The van der Waals surface area contributed by atoms with Gasteiger partial charge in [0, 0.05) is 26.2 Å². The molecule has 21 heavy (non-hydrogen) atoms. The molecule has 1 aromatic rings. The van der Waals surface area contributed by atoms with Crippen molar-refractivity contribution >= 4 is 5.91 Å². The lowest BCUT2D eigenvalue weighted by atomic mass is 10.1. The van der Waals surface area contributed by atoms with Crippen molar-refractivity contribution in [2.24, 2.45) is 0 Å².